The van der Waals surface area contributed by atoms with E-state index in [9.17, 15) is 14.9 Å². The normalized spacial score (nSPS) is 18.7. The van der Waals surface area contributed by atoms with Crippen LogP contribution in [0.2, 0.25) is 0 Å². The van der Waals surface area contributed by atoms with Crippen molar-refractivity contribution in [1.29, 1.82) is 5.26 Å². The number of amides is 2. The Bertz CT molecular complexity index is 1040. The van der Waals surface area contributed by atoms with Gasteiger partial charge in [-0.3, -0.25) is 9.59 Å². The van der Waals surface area contributed by atoms with Crippen molar-refractivity contribution < 1.29 is 9.59 Å². The van der Waals surface area contributed by atoms with E-state index < -0.39 is 17.7 Å². The highest BCUT2D eigenvalue weighted by molar-refractivity contribution is 8.03. The summed E-state index contributed by atoms with van der Waals surface area (Å²) in [6, 6.07) is 13.6. The largest absolute Gasteiger partial charge is 0.369 e. The van der Waals surface area contributed by atoms with Crippen molar-refractivity contribution in [3.05, 3.63) is 62.8 Å². The molecule has 2 amide bonds. The number of benzene rings is 1. The van der Waals surface area contributed by atoms with Crippen molar-refractivity contribution in [2.45, 2.75) is 19.8 Å². The number of hydrogen-bond donors (Lipinski definition) is 2. The Hall–Kier alpha value is -2.89. The molecule has 0 bridgehead atoms. The maximum atomic E-state index is 13.3. The van der Waals surface area contributed by atoms with Crippen LogP contribution in [0.15, 0.2) is 57.4 Å². The summed E-state index contributed by atoms with van der Waals surface area (Å²) in [7, 11) is 0. The number of nitrogens with two attached hydrogens (primary N) is 1. The molecule has 0 fully saturated rings. The number of hydrogen-bond acceptors (Lipinski definition) is 6. The molecule has 0 spiro atoms. The molecule has 8 heteroatoms. The summed E-state index contributed by atoms with van der Waals surface area (Å²) in [5.41, 5.74) is 7.92. The van der Waals surface area contributed by atoms with Crippen molar-refractivity contribution in [3.63, 3.8) is 0 Å². The fraction of sp³-hybridized carbons (Fsp3) is 0.238. The number of anilines is 1. The highest BCUT2D eigenvalue weighted by atomic mass is 32.2. The summed E-state index contributed by atoms with van der Waals surface area (Å²) >= 11 is 2.62. The first-order valence-electron chi connectivity index (χ1n) is 8.92. The molecule has 2 heterocycles. The standard InChI is InChI=1S/C21H20N4O2S2/c1-12-6-3-4-7-15(12)25-20(27)18-13(2)24-21(29-11-17(23)26)14(10-22)19(18)16-8-5-9-28-16/h3-9,18-19H,11H2,1-2H3,(H2,23,26)(H,25,27)/t18?,19-/m0/s1. The van der Waals surface area contributed by atoms with Gasteiger partial charge >= 0.3 is 0 Å². The van der Waals surface area contributed by atoms with Crippen LogP contribution in [0.5, 0.6) is 0 Å². The lowest BCUT2D eigenvalue weighted by Crippen LogP contribution is -2.36. The van der Waals surface area contributed by atoms with Crippen molar-refractivity contribution in [2.75, 3.05) is 11.1 Å². The van der Waals surface area contributed by atoms with Gasteiger partial charge in [0.1, 0.15) is 5.03 Å². The molecule has 1 aromatic heterocycles. The van der Waals surface area contributed by atoms with Crippen molar-refractivity contribution >= 4 is 46.3 Å². The zero-order valence-electron chi connectivity index (χ0n) is 16.0. The van der Waals surface area contributed by atoms with E-state index in [0.717, 1.165) is 27.9 Å². The van der Waals surface area contributed by atoms with Crippen LogP contribution in [0, 0.1) is 24.2 Å². The van der Waals surface area contributed by atoms with Gasteiger partial charge in [0.25, 0.3) is 0 Å². The lowest BCUT2D eigenvalue weighted by molar-refractivity contribution is -0.118. The van der Waals surface area contributed by atoms with E-state index in [1.807, 2.05) is 48.7 Å². The summed E-state index contributed by atoms with van der Waals surface area (Å²) in [4.78, 5) is 29.9. The number of rotatable bonds is 6. The fourth-order valence-corrected chi connectivity index (χ4v) is 4.92. The summed E-state index contributed by atoms with van der Waals surface area (Å²) in [5.74, 6) is -1.77. The summed E-state index contributed by atoms with van der Waals surface area (Å²) in [5, 5.41) is 15.2. The molecule has 1 unspecified atom stereocenters. The summed E-state index contributed by atoms with van der Waals surface area (Å²) in [6.45, 7) is 3.70. The summed E-state index contributed by atoms with van der Waals surface area (Å²) in [6.07, 6.45) is 0. The van der Waals surface area contributed by atoms with E-state index in [4.69, 9.17) is 5.73 Å². The van der Waals surface area contributed by atoms with Gasteiger partial charge in [0.2, 0.25) is 11.8 Å². The molecule has 2 aromatic rings. The highest BCUT2D eigenvalue weighted by Crippen LogP contribution is 2.43. The average molecular weight is 425 g/mol. The molecule has 148 valence electrons. The van der Waals surface area contributed by atoms with Gasteiger partial charge in [0.15, 0.2) is 0 Å². The molecule has 0 saturated carbocycles. The van der Waals surface area contributed by atoms with E-state index in [1.54, 1.807) is 6.92 Å². The van der Waals surface area contributed by atoms with E-state index in [0.29, 0.717) is 16.3 Å². The van der Waals surface area contributed by atoms with Gasteiger partial charge in [-0.1, -0.05) is 36.0 Å². The van der Waals surface area contributed by atoms with Crippen LogP contribution < -0.4 is 11.1 Å². The number of aryl methyl sites for hydroxylation is 1. The van der Waals surface area contributed by atoms with Crippen LogP contribution in [0.1, 0.15) is 23.3 Å². The second kappa shape index (κ2) is 9.07. The molecular weight excluding hydrogens is 404 g/mol. The van der Waals surface area contributed by atoms with E-state index in [1.165, 1.54) is 11.3 Å². The predicted octanol–water partition coefficient (Wildman–Crippen LogP) is 3.82. The quantitative estimate of drug-likeness (QED) is 0.735. The molecule has 29 heavy (non-hydrogen) atoms. The second-order valence-electron chi connectivity index (χ2n) is 6.61. The second-order valence-corrected chi connectivity index (χ2v) is 8.56. The van der Waals surface area contributed by atoms with Crippen molar-refractivity contribution in [3.8, 4) is 6.07 Å². The Morgan fingerprint density at radius 2 is 2.03 bits per heavy atom. The molecular formula is C21H20N4O2S2. The van der Waals surface area contributed by atoms with Gasteiger partial charge in [0.05, 0.1) is 23.3 Å². The summed E-state index contributed by atoms with van der Waals surface area (Å²) < 4.78 is 0. The molecule has 6 nitrogen and oxygen atoms in total. The minimum atomic E-state index is -0.624. The smallest absolute Gasteiger partial charge is 0.234 e. The number of thioether (sulfide) groups is 1. The van der Waals surface area contributed by atoms with Gasteiger partial charge in [-0.25, -0.2) is 4.99 Å². The van der Waals surface area contributed by atoms with Crippen molar-refractivity contribution in [2.24, 2.45) is 16.6 Å². The number of nitrogens with one attached hydrogen (secondary N) is 1. The monoisotopic (exact) mass is 424 g/mol. The number of para-hydroxylation sites is 1. The van der Waals surface area contributed by atoms with Gasteiger partial charge in [-0.15, -0.1) is 11.3 Å². The Kier molecular flexibility index (Phi) is 6.52. The van der Waals surface area contributed by atoms with Gasteiger partial charge in [-0.05, 0) is 36.9 Å². The molecule has 3 rings (SSSR count). The molecule has 2 atom stereocenters. The number of aliphatic imine (C=N–C) groups is 1. The van der Waals surface area contributed by atoms with Gasteiger partial charge in [-0.2, -0.15) is 5.26 Å². The fourth-order valence-electron chi connectivity index (χ4n) is 3.24. The molecule has 3 N–H and O–H groups in total. The van der Waals surface area contributed by atoms with E-state index in [2.05, 4.69) is 16.4 Å². The van der Waals surface area contributed by atoms with Crippen LogP contribution >= 0.6 is 23.1 Å². The minimum Gasteiger partial charge on any atom is -0.369 e. The van der Waals surface area contributed by atoms with E-state index >= 15 is 0 Å². The third-order valence-corrected chi connectivity index (χ3v) is 6.58. The average Bonchev–Trinajstić information content (AvgIpc) is 3.21. The number of thiophene rings is 1. The number of primary amides is 1. The molecule has 0 aliphatic carbocycles. The Balaban J connectivity index is 2.01. The van der Waals surface area contributed by atoms with E-state index in [-0.39, 0.29) is 11.7 Å². The number of carbonyl (C=O) groups is 2. The van der Waals surface area contributed by atoms with Crippen LogP contribution in [0.3, 0.4) is 0 Å². The van der Waals surface area contributed by atoms with Gasteiger partial charge in [0, 0.05) is 22.2 Å². The highest BCUT2D eigenvalue weighted by Gasteiger charge is 2.40. The molecule has 0 saturated heterocycles. The molecule has 1 aliphatic rings. The topological polar surface area (TPSA) is 108 Å². The SMILES string of the molecule is CC1=NC(SCC(N)=O)=C(C#N)[C@@H](c2cccs2)C1C(=O)Nc1ccccc1C. The number of nitrogens with zero attached hydrogens (tertiary/aromatic N) is 2. The number of carbonyl (C=O) groups excluding carboxylic acids is 2. The molecule has 1 aliphatic heterocycles. The number of allylic oxidation sites excluding steroid dienone is 1. The van der Waals surface area contributed by atoms with Crippen LogP contribution in [0.4, 0.5) is 5.69 Å². The lowest BCUT2D eigenvalue weighted by Gasteiger charge is -2.30. The number of nitriles is 1. The van der Waals surface area contributed by atoms with Crippen LogP contribution in [0.25, 0.3) is 0 Å². The lowest BCUT2D eigenvalue weighted by atomic mass is 9.80. The van der Waals surface area contributed by atoms with Crippen LogP contribution in [-0.4, -0.2) is 23.3 Å². The first-order valence-corrected chi connectivity index (χ1v) is 10.8. The Labute approximate surface area is 177 Å². The Morgan fingerprint density at radius 3 is 2.66 bits per heavy atom. The zero-order chi connectivity index (χ0) is 21.0. The van der Waals surface area contributed by atoms with Crippen molar-refractivity contribution in [1.82, 2.24) is 0 Å². The van der Waals surface area contributed by atoms with Gasteiger partial charge < -0.3 is 11.1 Å². The molecule has 1 aromatic carbocycles. The van der Waals surface area contributed by atoms with Crippen LogP contribution in [-0.2, 0) is 9.59 Å². The third kappa shape index (κ3) is 4.58. The first kappa shape index (κ1) is 20.8. The minimum absolute atomic E-state index is 0.0223. The third-order valence-electron chi connectivity index (χ3n) is 4.61. The molecule has 0 radical (unpaired) electrons. The first-order chi connectivity index (χ1) is 13.9. The zero-order valence-corrected chi connectivity index (χ0v) is 17.6. The predicted molar refractivity (Wildman–Crippen MR) is 118 cm³/mol. The Morgan fingerprint density at radius 1 is 1.28 bits per heavy atom. The maximum Gasteiger partial charge on any atom is 0.234 e. The maximum absolute atomic E-state index is 13.3.